The molecule has 1 aromatic rings. The Morgan fingerprint density at radius 2 is 1.88 bits per heavy atom. The second-order valence-electron chi connectivity index (χ2n) is 7.94. The number of ether oxygens (including phenoxy) is 1. The molecule has 2 N–H and O–H groups in total. The topological polar surface area (TPSA) is 100 Å². The molecule has 174 valence electrons. The van der Waals surface area contributed by atoms with Crippen molar-refractivity contribution < 1.29 is 19.1 Å². The zero-order valence-corrected chi connectivity index (χ0v) is 19.4. The van der Waals surface area contributed by atoms with Crippen molar-refractivity contribution in [3.8, 4) is 0 Å². The average Bonchev–Trinajstić information content (AvgIpc) is 3.44. The second kappa shape index (κ2) is 12.6. The Hall–Kier alpha value is -2.39. The fraction of sp³-hybridized carbons (Fsp3) is 0.565. The van der Waals surface area contributed by atoms with Crippen LogP contribution < -0.4 is 10.6 Å². The number of nitrogens with zero attached hydrogens (tertiary/aromatic N) is 2. The lowest BCUT2D eigenvalue weighted by Gasteiger charge is -2.16. The van der Waals surface area contributed by atoms with Crippen molar-refractivity contribution in [2.75, 3.05) is 38.2 Å². The lowest BCUT2D eigenvalue weighted by atomic mass is 10.2. The first kappa shape index (κ1) is 24.3. The molecule has 0 radical (unpaired) electrons. The Labute approximate surface area is 193 Å². The van der Waals surface area contributed by atoms with Crippen LogP contribution in [0.1, 0.15) is 55.8 Å². The van der Waals surface area contributed by atoms with Crippen molar-refractivity contribution in [2.24, 2.45) is 4.99 Å². The zero-order valence-electron chi connectivity index (χ0n) is 18.6. The minimum absolute atomic E-state index is 0.0763. The monoisotopic (exact) mass is 460 g/mol. The van der Waals surface area contributed by atoms with Crippen molar-refractivity contribution in [1.29, 1.82) is 0 Å². The Balaban J connectivity index is 1.37. The van der Waals surface area contributed by atoms with Crippen LogP contribution >= 0.6 is 11.8 Å². The van der Waals surface area contributed by atoms with Gasteiger partial charge in [-0.25, -0.2) is 0 Å². The molecule has 2 aliphatic rings. The van der Waals surface area contributed by atoms with Gasteiger partial charge >= 0.3 is 0 Å². The molecule has 8 nitrogen and oxygen atoms in total. The van der Waals surface area contributed by atoms with Gasteiger partial charge in [0, 0.05) is 50.5 Å². The molecule has 1 unspecified atom stereocenters. The van der Waals surface area contributed by atoms with E-state index in [1.54, 1.807) is 24.3 Å². The molecular weight excluding hydrogens is 428 g/mol. The third kappa shape index (κ3) is 7.34. The average molecular weight is 461 g/mol. The molecule has 9 heteroatoms. The molecule has 32 heavy (non-hydrogen) atoms. The number of benzene rings is 1. The first-order valence-electron chi connectivity index (χ1n) is 11.4. The summed E-state index contributed by atoms with van der Waals surface area (Å²) < 4.78 is 5.48. The van der Waals surface area contributed by atoms with Crippen LogP contribution in [0.15, 0.2) is 29.3 Å². The highest BCUT2D eigenvalue weighted by Crippen LogP contribution is 2.29. The summed E-state index contributed by atoms with van der Waals surface area (Å²) in [7, 11) is 0. The minimum Gasteiger partial charge on any atom is -0.381 e. The van der Waals surface area contributed by atoms with E-state index >= 15 is 0 Å². The van der Waals surface area contributed by atoms with Gasteiger partial charge in [-0.15, -0.1) is 0 Å². The smallest absolute Gasteiger partial charge is 0.262 e. The van der Waals surface area contributed by atoms with Crippen LogP contribution in [0.4, 0.5) is 5.69 Å². The molecule has 0 spiro atoms. The van der Waals surface area contributed by atoms with Gasteiger partial charge in [0.25, 0.3) is 11.8 Å². The van der Waals surface area contributed by atoms with E-state index in [1.165, 1.54) is 11.8 Å². The first-order chi connectivity index (χ1) is 15.6. The largest absolute Gasteiger partial charge is 0.381 e. The van der Waals surface area contributed by atoms with Gasteiger partial charge in [-0.05, 0) is 49.9 Å². The quantitative estimate of drug-likeness (QED) is 0.493. The Kier molecular flexibility index (Phi) is 9.55. The molecule has 1 fully saturated rings. The first-order valence-corrected chi connectivity index (χ1v) is 12.2. The van der Waals surface area contributed by atoms with Gasteiger partial charge in [0.1, 0.15) is 5.25 Å². The third-order valence-corrected chi connectivity index (χ3v) is 6.51. The van der Waals surface area contributed by atoms with Crippen LogP contribution in [-0.4, -0.2) is 65.9 Å². The van der Waals surface area contributed by atoms with Gasteiger partial charge in [0.2, 0.25) is 5.91 Å². The molecule has 2 aliphatic heterocycles. The van der Waals surface area contributed by atoms with E-state index in [0.29, 0.717) is 24.4 Å². The number of hydrogen-bond donors (Lipinski definition) is 2. The summed E-state index contributed by atoms with van der Waals surface area (Å²) in [4.78, 5) is 43.0. The van der Waals surface area contributed by atoms with E-state index in [1.807, 2.05) is 0 Å². The highest BCUT2D eigenvalue weighted by molar-refractivity contribution is 8.15. The highest BCUT2D eigenvalue weighted by Gasteiger charge is 2.33. The molecule has 0 bridgehead atoms. The number of hydrogen-bond acceptors (Lipinski definition) is 6. The van der Waals surface area contributed by atoms with Crippen LogP contribution in [0, 0.1) is 0 Å². The van der Waals surface area contributed by atoms with Crippen molar-refractivity contribution >= 4 is 40.3 Å². The lowest BCUT2D eigenvalue weighted by molar-refractivity contribution is -0.121. The van der Waals surface area contributed by atoms with Gasteiger partial charge in [0.15, 0.2) is 5.17 Å². The molecule has 3 rings (SSSR count). The number of anilines is 1. The van der Waals surface area contributed by atoms with E-state index in [4.69, 9.17) is 4.74 Å². The lowest BCUT2D eigenvalue weighted by Crippen LogP contribution is -2.25. The Bertz CT molecular complexity index is 822. The predicted octanol–water partition coefficient (Wildman–Crippen LogP) is 3.05. The summed E-state index contributed by atoms with van der Waals surface area (Å²) in [6.45, 7) is 5.92. The number of likely N-dealkylation sites (tertiary alicyclic amines) is 1. The maximum absolute atomic E-state index is 12.4. The maximum atomic E-state index is 12.4. The van der Waals surface area contributed by atoms with Gasteiger partial charge in [-0.2, -0.15) is 4.99 Å². The molecule has 1 atom stereocenters. The number of amidine groups is 1. The number of thioether (sulfide) groups is 1. The standard InChI is InChI=1S/C23H32N4O4S/c1-2-3-14-31-15-6-11-24-21(29)17-7-9-18(10-8-17)25-20(28)16-19-22(30)26-23(32-19)27-12-4-5-13-27/h7-10,19H,2-6,11-16H2,1H3,(H,24,29)(H,25,28). The molecule has 2 heterocycles. The summed E-state index contributed by atoms with van der Waals surface area (Å²) >= 11 is 1.38. The van der Waals surface area contributed by atoms with E-state index in [2.05, 4.69) is 27.4 Å². The van der Waals surface area contributed by atoms with Gasteiger partial charge in [-0.1, -0.05) is 25.1 Å². The van der Waals surface area contributed by atoms with Crippen LogP contribution in [-0.2, 0) is 14.3 Å². The van der Waals surface area contributed by atoms with Crippen LogP contribution in [0.2, 0.25) is 0 Å². The fourth-order valence-electron chi connectivity index (χ4n) is 3.46. The van der Waals surface area contributed by atoms with Gasteiger partial charge < -0.3 is 20.3 Å². The molecule has 1 aromatic carbocycles. The van der Waals surface area contributed by atoms with E-state index in [0.717, 1.165) is 57.0 Å². The zero-order chi connectivity index (χ0) is 22.8. The normalized spacial score (nSPS) is 18.0. The number of aliphatic imine (C=N–C) groups is 1. The molecule has 0 aliphatic carbocycles. The van der Waals surface area contributed by atoms with Crippen molar-refractivity contribution in [3.05, 3.63) is 29.8 Å². The van der Waals surface area contributed by atoms with E-state index < -0.39 is 5.25 Å². The Morgan fingerprint density at radius 3 is 2.59 bits per heavy atom. The molecular formula is C23H32N4O4S. The predicted molar refractivity (Wildman–Crippen MR) is 127 cm³/mol. The fourth-order valence-corrected chi connectivity index (χ4v) is 4.58. The van der Waals surface area contributed by atoms with Crippen molar-refractivity contribution in [3.63, 3.8) is 0 Å². The number of carbonyl (C=O) groups excluding carboxylic acids is 3. The van der Waals surface area contributed by atoms with Crippen molar-refractivity contribution in [1.82, 2.24) is 10.2 Å². The Morgan fingerprint density at radius 1 is 1.16 bits per heavy atom. The highest BCUT2D eigenvalue weighted by atomic mass is 32.2. The SMILES string of the molecule is CCCCOCCCNC(=O)c1ccc(NC(=O)CC2SC(N3CCCC3)=NC2=O)cc1. The molecule has 0 saturated carbocycles. The summed E-state index contributed by atoms with van der Waals surface area (Å²) in [5, 5.41) is 5.94. The number of unbranched alkanes of at least 4 members (excludes halogenated alkanes) is 1. The van der Waals surface area contributed by atoms with E-state index in [-0.39, 0.29) is 24.1 Å². The summed E-state index contributed by atoms with van der Waals surface area (Å²) in [6, 6.07) is 6.73. The van der Waals surface area contributed by atoms with Crippen molar-refractivity contribution in [2.45, 2.75) is 50.7 Å². The number of rotatable bonds is 11. The van der Waals surface area contributed by atoms with Crippen LogP contribution in [0.25, 0.3) is 0 Å². The van der Waals surface area contributed by atoms with Gasteiger partial charge in [0.05, 0.1) is 0 Å². The number of carbonyl (C=O) groups is 3. The minimum atomic E-state index is -0.471. The number of nitrogens with one attached hydrogen (secondary N) is 2. The van der Waals surface area contributed by atoms with Gasteiger partial charge in [-0.3, -0.25) is 14.4 Å². The molecule has 3 amide bonds. The molecule has 1 saturated heterocycles. The number of amides is 3. The maximum Gasteiger partial charge on any atom is 0.262 e. The summed E-state index contributed by atoms with van der Waals surface area (Å²) in [5.41, 5.74) is 1.12. The van der Waals surface area contributed by atoms with E-state index in [9.17, 15) is 14.4 Å². The van der Waals surface area contributed by atoms with Crippen LogP contribution in [0.3, 0.4) is 0 Å². The summed E-state index contributed by atoms with van der Waals surface area (Å²) in [5.74, 6) is -0.639. The summed E-state index contributed by atoms with van der Waals surface area (Å²) in [6.07, 6.45) is 5.23. The third-order valence-electron chi connectivity index (χ3n) is 5.30. The van der Waals surface area contributed by atoms with Crippen LogP contribution in [0.5, 0.6) is 0 Å². The second-order valence-corrected chi connectivity index (χ2v) is 9.11. The molecule has 0 aromatic heterocycles.